The highest BCUT2D eigenvalue weighted by Gasteiger charge is 2.45. The van der Waals surface area contributed by atoms with Crippen molar-refractivity contribution in [3.05, 3.63) is 24.3 Å². The fraction of sp³-hybridized carbons (Fsp3) is 0.750. The molecule has 0 aliphatic heterocycles. The molecule has 0 radical (unpaired) electrons. The van der Waals surface area contributed by atoms with E-state index in [-0.39, 0.29) is 0 Å². The van der Waals surface area contributed by atoms with Crippen LogP contribution in [0.25, 0.3) is 0 Å². The monoisotopic (exact) mass is 264 g/mol. The minimum absolute atomic E-state index is 0.312. The van der Waals surface area contributed by atoms with Crippen molar-refractivity contribution in [3.8, 4) is 0 Å². The van der Waals surface area contributed by atoms with Crippen molar-refractivity contribution < 1.29 is 4.43 Å². The Balaban J connectivity index is 2.08. The van der Waals surface area contributed by atoms with Crippen LogP contribution in [0.2, 0.25) is 18.1 Å². The third kappa shape index (κ3) is 2.50. The smallest absolute Gasteiger partial charge is 0.192 e. The topological polar surface area (TPSA) is 9.23 Å². The quantitative estimate of drug-likeness (QED) is 0.652. The Morgan fingerprint density at radius 2 is 1.72 bits per heavy atom. The molecule has 0 spiro atoms. The average molecular weight is 264 g/mol. The molecular formula is C16H28OSi. The summed E-state index contributed by atoms with van der Waals surface area (Å²) in [5.41, 5.74) is 0. The highest BCUT2D eigenvalue weighted by atomic mass is 28.4. The Hall–Kier alpha value is -0.343. The van der Waals surface area contributed by atoms with Crippen molar-refractivity contribution >= 4 is 8.32 Å². The standard InChI is InChI=1S/C16H28OSi/c1-12-14-10-8-7-9-13(14)11-15(12)17-18(5,6)16(2,3)4/h7-10,12-15H,11H2,1-6H3. The Morgan fingerprint density at radius 3 is 2.28 bits per heavy atom. The molecular weight excluding hydrogens is 236 g/mol. The highest BCUT2D eigenvalue weighted by Crippen LogP contribution is 2.46. The van der Waals surface area contributed by atoms with Crippen molar-refractivity contribution in [1.29, 1.82) is 0 Å². The van der Waals surface area contributed by atoms with Gasteiger partial charge in [-0.05, 0) is 42.3 Å². The van der Waals surface area contributed by atoms with E-state index >= 15 is 0 Å². The van der Waals surface area contributed by atoms with Gasteiger partial charge in [0.15, 0.2) is 8.32 Å². The number of hydrogen-bond donors (Lipinski definition) is 0. The normalized spacial score (nSPS) is 35.9. The molecule has 2 rings (SSSR count). The summed E-state index contributed by atoms with van der Waals surface area (Å²) in [6.45, 7) is 14.1. The van der Waals surface area contributed by atoms with Gasteiger partial charge >= 0.3 is 0 Å². The van der Waals surface area contributed by atoms with Crippen LogP contribution in [0.1, 0.15) is 34.1 Å². The summed E-state index contributed by atoms with van der Waals surface area (Å²) in [6.07, 6.45) is 10.8. The Kier molecular flexibility index (Phi) is 3.63. The zero-order valence-corrected chi connectivity index (χ0v) is 13.7. The van der Waals surface area contributed by atoms with Crippen LogP contribution < -0.4 is 0 Å². The number of allylic oxidation sites excluding steroid dienone is 4. The van der Waals surface area contributed by atoms with Gasteiger partial charge in [0.2, 0.25) is 0 Å². The molecule has 4 atom stereocenters. The van der Waals surface area contributed by atoms with Crippen LogP contribution in [0.3, 0.4) is 0 Å². The molecule has 1 saturated carbocycles. The van der Waals surface area contributed by atoms with E-state index in [1.807, 2.05) is 0 Å². The first-order valence-corrected chi connectivity index (χ1v) is 10.2. The van der Waals surface area contributed by atoms with Gasteiger partial charge in [0.1, 0.15) is 0 Å². The lowest BCUT2D eigenvalue weighted by atomic mass is 9.87. The van der Waals surface area contributed by atoms with E-state index in [0.717, 1.165) is 0 Å². The van der Waals surface area contributed by atoms with Crippen LogP contribution >= 0.6 is 0 Å². The second-order valence-corrected chi connectivity index (χ2v) is 12.3. The summed E-state index contributed by atoms with van der Waals surface area (Å²) in [4.78, 5) is 0. The first-order chi connectivity index (χ1) is 8.22. The van der Waals surface area contributed by atoms with Crippen LogP contribution in [0.5, 0.6) is 0 Å². The van der Waals surface area contributed by atoms with Gasteiger partial charge in [0.25, 0.3) is 0 Å². The van der Waals surface area contributed by atoms with E-state index in [4.69, 9.17) is 4.43 Å². The predicted molar refractivity (Wildman–Crippen MR) is 81.1 cm³/mol. The minimum Gasteiger partial charge on any atom is -0.414 e. The van der Waals surface area contributed by atoms with E-state index < -0.39 is 8.32 Å². The lowest BCUT2D eigenvalue weighted by molar-refractivity contribution is 0.141. The third-order valence-electron chi connectivity index (χ3n) is 5.25. The van der Waals surface area contributed by atoms with Crippen LogP contribution in [0.15, 0.2) is 24.3 Å². The largest absolute Gasteiger partial charge is 0.414 e. The summed E-state index contributed by atoms with van der Waals surface area (Å²) < 4.78 is 6.64. The van der Waals surface area contributed by atoms with Gasteiger partial charge in [0.05, 0.1) is 0 Å². The van der Waals surface area contributed by atoms with Crippen molar-refractivity contribution in [2.75, 3.05) is 0 Å². The summed E-state index contributed by atoms with van der Waals surface area (Å²) >= 11 is 0. The van der Waals surface area contributed by atoms with E-state index in [1.54, 1.807) is 0 Å². The van der Waals surface area contributed by atoms with Gasteiger partial charge < -0.3 is 4.43 Å². The molecule has 1 fully saturated rings. The van der Waals surface area contributed by atoms with Crippen molar-refractivity contribution in [2.24, 2.45) is 17.8 Å². The van der Waals surface area contributed by atoms with Crippen LogP contribution in [0.4, 0.5) is 0 Å². The van der Waals surface area contributed by atoms with E-state index in [1.165, 1.54) is 6.42 Å². The zero-order valence-electron chi connectivity index (χ0n) is 12.7. The Bertz CT molecular complexity index is 362. The fourth-order valence-corrected chi connectivity index (χ4v) is 4.33. The Labute approximate surface area is 113 Å². The lowest BCUT2D eigenvalue weighted by Crippen LogP contribution is -2.44. The van der Waals surface area contributed by atoms with Crippen LogP contribution in [0, 0.1) is 17.8 Å². The molecule has 2 heteroatoms. The predicted octanol–water partition coefficient (Wildman–Crippen LogP) is 4.78. The number of rotatable bonds is 2. The molecule has 0 saturated heterocycles. The van der Waals surface area contributed by atoms with E-state index in [0.29, 0.717) is 28.9 Å². The molecule has 0 amide bonds. The molecule has 0 heterocycles. The van der Waals surface area contributed by atoms with Gasteiger partial charge in [-0.15, -0.1) is 0 Å². The highest BCUT2D eigenvalue weighted by molar-refractivity contribution is 6.74. The van der Waals surface area contributed by atoms with Crippen LogP contribution in [-0.2, 0) is 4.43 Å². The Morgan fingerprint density at radius 1 is 1.11 bits per heavy atom. The van der Waals surface area contributed by atoms with E-state index in [9.17, 15) is 0 Å². The van der Waals surface area contributed by atoms with Gasteiger partial charge in [0, 0.05) is 6.10 Å². The van der Waals surface area contributed by atoms with Gasteiger partial charge in [-0.3, -0.25) is 0 Å². The molecule has 2 aliphatic carbocycles. The summed E-state index contributed by atoms with van der Waals surface area (Å²) in [6, 6.07) is 0. The first-order valence-electron chi connectivity index (χ1n) is 7.25. The molecule has 0 aromatic carbocycles. The van der Waals surface area contributed by atoms with Crippen molar-refractivity contribution in [2.45, 2.75) is 58.4 Å². The molecule has 0 aromatic heterocycles. The molecule has 1 nitrogen and oxygen atoms in total. The first kappa shape index (κ1) is 14.1. The second kappa shape index (κ2) is 4.64. The molecule has 0 N–H and O–H groups in total. The molecule has 4 unspecified atom stereocenters. The minimum atomic E-state index is -1.62. The number of fused-ring (bicyclic) bond motifs is 1. The maximum Gasteiger partial charge on any atom is 0.192 e. The van der Waals surface area contributed by atoms with Gasteiger partial charge in [-0.2, -0.15) is 0 Å². The van der Waals surface area contributed by atoms with E-state index in [2.05, 4.69) is 65.1 Å². The van der Waals surface area contributed by atoms with Crippen LogP contribution in [-0.4, -0.2) is 14.4 Å². The zero-order chi connectivity index (χ0) is 13.6. The summed E-state index contributed by atoms with van der Waals surface area (Å²) in [5.74, 6) is 2.06. The maximum absolute atomic E-state index is 6.64. The third-order valence-corrected chi connectivity index (χ3v) is 9.75. The van der Waals surface area contributed by atoms with Gasteiger partial charge in [-0.25, -0.2) is 0 Å². The second-order valence-electron chi connectivity index (χ2n) is 7.52. The maximum atomic E-state index is 6.64. The fourth-order valence-electron chi connectivity index (χ4n) is 2.91. The molecule has 2 aliphatic rings. The molecule has 0 bridgehead atoms. The lowest BCUT2D eigenvalue weighted by Gasteiger charge is -2.39. The van der Waals surface area contributed by atoms with Crippen molar-refractivity contribution in [3.63, 3.8) is 0 Å². The average Bonchev–Trinajstić information content (AvgIpc) is 2.54. The van der Waals surface area contributed by atoms with Gasteiger partial charge in [-0.1, -0.05) is 52.0 Å². The SMILES string of the molecule is CC1C(O[Si](C)(C)C(C)(C)C)CC2C=CC=CC21. The summed E-state index contributed by atoms with van der Waals surface area (Å²) in [7, 11) is -1.62. The molecule has 0 aromatic rings. The molecule has 18 heavy (non-hydrogen) atoms. The summed E-state index contributed by atoms with van der Waals surface area (Å²) in [5, 5.41) is 0.312. The van der Waals surface area contributed by atoms with Crippen molar-refractivity contribution in [1.82, 2.24) is 0 Å². The number of hydrogen-bond acceptors (Lipinski definition) is 1. The molecule has 102 valence electrons.